The summed E-state index contributed by atoms with van der Waals surface area (Å²) < 4.78 is 32.0. The number of nitrogens with zero attached hydrogens (tertiary/aromatic N) is 3. The van der Waals surface area contributed by atoms with Crippen LogP contribution in [0.1, 0.15) is 28.0 Å². The Balaban J connectivity index is 1.78. The van der Waals surface area contributed by atoms with Crippen LogP contribution >= 0.6 is 0 Å². The van der Waals surface area contributed by atoms with E-state index in [2.05, 4.69) is 10.4 Å². The van der Waals surface area contributed by atoms with E-state index in [4.69, 9.17) is 4.74 Å². The number of benzene rings is 1. The number of carbonyl (C=O) groups excluding carboxylic acids is 2. The van der Waals surface area contributed by atoms with Crippen LogP contribution in [-0.4, -0.2) is 41.9 Å². The van der Waals surface area contributed by atoms with Crippen molar-refractivity contribution in [3.8, 4) is 0 Å². The molecule has 0 unspecified atom stereocenters. The lowest BCUT2D eigenvalue weighted by atomic mass is 10.1. The lowest BCUT2D eigenvalue weighted by molar-refractivity contribution is -0.122. The van der Waals surface area contributed by atoms with Gasteiger partial charge < -0.3 is 15.0 Å². The van der Waals surface area contributed by atoms with Crippen LogP contribution in [0.5, 0.6) is 0 Å². The summed E-state index contributed by atoms with van der Waals surface area (Å²) in [6, 6.07) is 5.10. The monoisotopic (exact) mass is 364 g/mol. The Bertz CT molecular complexity index is 851. The van der Waals surface area contributed by atoms with Crippen molar-refractivity contribution in [3.63, 3.8) is 0 Å². The number of nitrogens with one attached hydrogen (secondary N) is 1. The van der Waals surface area contributed by atoms with Crippen molar-refractivity contribution >= 4 is 23.2 Å². The zero-order valence-electron chi connectivity index (χ0n) is 14.3. The van der Waals surface area contributed by atoms with E-state index in [1.54, 1.807) is 23.1 Å². The fourth-order valence-electron chi connectivity index (χ4n) is 2.98. The minimum absolute atomic E-state index is 0.00462. The van der Waals surface area contributed by atoms with Crippen LogP contribution in [0.3, 0.4) is 0 Å². The molecule has 1 aromatic heterocycles. The van der Waals surface area contributed by atoms with Crippen molar-refractivity contribution in [1.82, 2.24) is 9.78 Å². The lowest BCUT2D eigenvalue weighted by Gasteiger charge is -2.17. The van der Waals surface area contributed by atoms with Gasteiger partial charge in [0.1, 0.15) is 12.3 Å². The highest BCUT2D eigenvalue weighted by atomic mass is 19.3. The summed E-state index contributed by atoms with van der Waals surface area (Å²) in [6.07, 6.45) is -0.934. The first kappa shape index (κ1) is 18.0. The Hall–Kier alpha value is -2.81. The standard InChI is InChI=1S/C17H18F2N4O3/c1-22-8-12(15(21-22)16(18)19)17(25)20-11-3-4-13-10(7-11)5-6-23(13)14(24)9-26-2/h3-4,7-8,16H,5-6,9H2,1-2H3,(H,20,25). The number of aryl methyl sites for hydroxylation is 1. The Labute approximate surface area is 148 Å². The number of rotatable bonds is 5. The predicted molar refractivity (Wildman–Crippen MR) is 90.5 cm³/mol. The third-order valence-electron chi connectivity index (χ3n) is 4.11. The van der Waals surface area contributed by atoms with Gasteiger partial charge in [0.25, 0.3) is 18.2 Å². The van der Waals surface area contributed by atoms with Crippen LogP contribution < -0.4 is 10.2 Å². The van der Waals surface area contributed by atoms with E-state index in [1.165, 1.54) is 25.0 Å². The summed E-state index contributed by atoms with van der Waals surface area (Å²) in [4.78, 5) is 26.0. The molecule has 0 atom stereocenters. The molecule has 2 heterocycles. The van der Waals surface area contributed by atoms with Gasteiger partial charge in [-0.15, -0.1) is 0 Å². The Kier molecular flexibility index (Phi) is 4.99. The SMILES string of the molecule is COCC(=O)N1CCc2cc(NC(=O)c3cn(C)nc3C(F)F)ccc21. The number of carbonyl (C=O) groups is 2. The van der Waals surface area contributed by atoms with Gasteiger partial charge in [-0.25, -0.2) is 8.78 Å². The number of fused-ring (bicyclic) bond motifs is 1. The number of ether oxygens (including phenoxy) is 1. The fourth-order valence-corrected chi connectivity index (χ4v) is 2.98. The van der Waals surface area contributed by atoms with Crippen molar-refractivity contribution in [2.75, 3.05) is 30.5 Å². The van der Waals surface area contributed by atoms with E-state index in [1.807, 2.05) is 0 Å². The van der Waals surface area contributed by atoms with E-state index in [0.29, 0.717) is 18.7 Å². The highest BCUT2D eigenvalue weighted by Gasteiger charge is 2.26. The van der Waals surface area contributed by atoms with Gasteiger partial charge in [-0.05, 0) is 30.2 Å². The quantitative estimate of drug-likeness (QED) is 0.882. The van der Waals surface area contributed by atoms with Gasteiger partial charge in [0, 0.05) is 38.3 Å². The normalized spacial score (nSPS) is 13.2. The number of halogens is 2. The summed E-state index contributed by atoms with van der Waals surface area (Å²) in [5.41, 5.74) is 1.41. The summed E-state index contributed by atoms with van der Waals surface area (Å²) in [5.74, 6) is -0.793. The van der Waals surface area contributed by atoms with Crippen LogP contribution in [-0.2, 0) is 23.0 Å². The molecule has 138 valence electrons. The van der Waals surface area contributed by atoms with Gasteiger partial charge in [0.2, 0.25) is 0 Å². The first-order valence-electron chi connectivity index (χ1n) is 7.96. The molecule has 2 aromatic rings. The molecule has 0 aliphatic carbocycles. The van der Waals surface area contributed by atoms with E-state index in [-0.39, 0.29) is 18.1 Å². The van der Waals surface area contributed by atoms with Gasteiger partial charge in [0.15, 0.2) is 0 Å². The average Bonchev–Trinajstić information content (AvgIpc) is 3.18. The van der Waals surface area contributed by atoms with E-state index >= 15 is 0 Å². The Morgan fingerprint density at radius 2 is 2.15 bits per heavy atom. The number of anilines is 2. The molecule has 0 radical (unpaired) electrons. The molecule has 26 heavy (non-hydrogen) atoms. The second-order valence-corrected chi connectivity index (χ2v) is 5.93. The number of hydrogen-bond donors (Lipinski definition) is 1. The molecule has 9 heteroatoms. The molecule has 0 spiro atoms. The number of methoxy groups -OCH3 is 1. The van der Waals surface area contributed by atoms with Gasteiger partial charge in [-0.2, -0.15) is 5.10 Å². The average molecular weight is 364 g/mol. The molecule has 2 amide bonds. The highest BCUT2D eigenvalue weighted by molar-refractivity contribution is 6.05. The molecule has 1 aromatic carbocycles. The molecule has 1 aliphatic heterocycles. The van der Waals surface area contributed by atoms with Gasteiger partial charge in [0.05, 0.1) is 5.56 Å². The lowest BCUT2D eigenvalue weighted by Crippen LogP contribution is -2.31. The maximum absolute atomic E-state index is 13.0. The highest BCUT2D eigenvalue weighted by Crippen LogP contribution is 2.31. The van der Waals surface area contributed by atoms with Crippen LogP contribution in [0.25, 0.3) is 0 Å². The van der Waals surface area contributed by atoms with E-state index in [0.717, 1.165) is 11.3 Å². The zero-order valence-corrected chi connectivity index (χ0v) is 14.3. The molecule has 1 aliphatic rings. The molecule has 1 N–H and O–H groups in total. The van der Waals surface area contributed by atoms with E-state index in [9.17, 15) is 18.4 Å². The summed E-state index contributed by atoms with van der Waals surface area (Å²) in [6.45, 7) is 0.530. The minimum atomic E-state index is -2.84. The maximum atomic E-state index is 13.0. The second kappa shape index (κ2) is 7.20. The van der Waals surface area contributed by atoms with Crippen LogP contribution in [0.2, 0.25) is 0 Å². The third-order valence-corrected chi connectivity index (χ3v) is 4.11. The van der Waals surface area contributed by atoms with Crippen molar-refractivity contribution in [3.05, 3.63) is 41.2 Å². The molecular formula is C17H18F2N4O3. The first-order valence-corrected chi connectivity index (χ1v) is 7.96. The zero-order chi connectivity index (χ0) is 18.8. The summed E-state index contributed by atoms with van der Waals surface area (Å²) >= 11 is 0. The molecule has 0 fully saturated rings. The molecule has 0 bridgehead atoms. The van der Waals surface area contributed by atoms with Crippen LogP contribution in [0.4, 0.5) is 20.2 Å². The van der Waals surface area contributed by atoms with Gasteiger partial charge >= 0.3 is 0 Å². The van der Waals surface area contributed by atoms with E-state index < -0.39 is 18.0 Å². The molecule has 3 rings (SSSR count). The number of hydrogen-bond acceptors (Lipinski definition) is 4. The number of aromatic nitrogens is 2. The molecule has 7 nitrogen and oxygen atoms in total. The molecule has 0 saturated heterocycles. The Morgan fingerprint density at radius 3 is 2.85 bits per heavy atom. The van der Waals surface area contributed by atoms with Crippen LogP contribution in [0, 0.1) is 0 Å². The fraction of sp³-hybridized carbons (Fsp3) is 0.353. The predicted octanol–water partition coefficient (Wildman–Crippen LogP) is 2.15. The van der Waals surface area contributed by atoms with Crippen LogP contribution in [0.15, 0.2) is 24.4 Å². The minimum Gasteiger partial charge on any atom is -0.375 e. The van der Waals surface area contributed by atoms with Crippen molar-refractivity contribution in [2.45, 2.75) is 12.8 Å². The topological polar surface area (TPSA) is 76.5 Å². The number of alkyl halides is 2. The number of amides is 2. The molecular weight excluding hydrogens is 346 g/mol. The van der Waals surface area contributed by atoms with Gasteiger partial charge in [-0.1, -0.05) is 0 Å². The largest absolute Gasteiger partial charge is 0.375 e. The smallest absolute Gasteiger partial charge is 0.282 e. The third kappa shape index (κ3) is 3.43. The molecule has 0 saturated carbocycles. The maximum Gasteiger partial charge on any atom is 0.282 e. The first-order chi connectivity index (χ1) is 12.4. The van der Waals surface area contributed by atoms with Gasteiger partial charge in [-0.3, -0.25) is 14.3 Å². The summed E-state index contributed by atoms with van der Waals surface area (Å²) in [5, 5.41) is 6.24. The van der Waals surface area contributed by atoms with Crippen molar-refractivity contribution in [1.29, 1.82) is 0 Å². The van der Waals surface area contributed by atoms with Crippen molar-refractivity contribution in [2.24, 2.45) is 7.05 Å². The summed E-state index contributed by atoms with van der Waals surface area (Å²) in [7, 11) is 2.93. The van der Waals surface area contributed by atoms with Crippen molar-refractivity contribution < 1.29 is 23.1 Å². The Morgan fingerprint density at radius 1 is 1.38 bits per heavy atom. The second-order valence-electron chi connectivity index (χ2n) is 5.93.